The van der Waals surface area contributed by atoms with Crippen molar-refractivity contribution in [1.29, 1.82) is 0 Å². The molecule has 1 amide bonds. The number of nitrogens with zero attached hydrogens (tertiary/aromatic N) is 3. The molecule has 12 heteroatoms. The quantitative estimate of drug-likeness (QED) is 0.435. The van der Waals surface area contributed by atoms with Crippen molar-refractivity contribution < 1.29 is 27.2 Å². The van der Waals surface area contributed by atoms with Crippen molar-refractivity contribution in [2.45, 2.75) is 31.2 Å². The first-order valence-electron chi connectivity index (χ1n) is 10.9. The number of anilines is 2. The van der Waals surface area contributed by atoms with Gasteiger partial charge in [-0.3, -0.25) is 0 Å². The van der Waals surface area contributed by atoms with Gasteiger partial charge >= 0.3 is 6.09 Å². The number of amides is 1. The zero-order chi connectivity index (χ0) is 25.0. The van der Waals surface area contributed by atoms with Crippen molar-refractivity contribution in [2.75, 3.05) is 30.0 Å². The number of aryl methyl sites for hydroxylation is 1. The molecule has 9 nitrogen and oxygen atoms in total. The van der Waals surface area contributed by atoms with Gasteiger partial charge in [-0.2, -0.15) is 0 Å². The normalized spacial score (nSPS) is 13.5. The molecule has 0 saturated carbocycles. The zero-order valence-electron chi connectivity index (χ0n) is 19.2. The molecule has 1 aliphatic rings. The van der Waals surface area contributed by atoms with Crippen LogP contribution in [0.25, 0.3) is 0 Å². The van der Waals surface area contributed by atoms with Crippen molar-refractivity contribution in [3.63, 3.8) is 0 Å². The second-order valence-corrected chi connectivity index (χ2v) is 10.5. The number of aromatic nitrogens is 1. The minimum Gasteiger partial charge on any atom is -0.497 e. The molecule has 2 heterocycles. The van der Waals surface area contributed by atoms with E-state index < -0.39 is 26.8 Å². The van der Waals surface area contributed by atoms with Gasteiger partial charge in [0.25, 0.3) is 10.0 Å². The number of halogens is 1. The van der Waals surface area contributed by atoms with Crippen molar-refractivity contribution in [2.24, 2.45) is 0 Å². The maximum absolute atomic E-state index is 15.2. The van der Waals surface area contributed by atoms with Crippen molar-refractivity contribution >= 4 is 39.0 Å². The molecule has 0 spiro atoms. The molecule has 1 fully saturated rings. The van der Waals surface area contributed by atoms with Crippen LogP contribution in [-0.2, 0) is 21.4 Å². The van der Waals surface area contributed by atoms with Crippen LogP contribution in [0, 0.1) is 12.7 Å². The third-order valence-corrected chi connectivity index (χ3v) is 7.96. The molecule has 3 aromatic rings. The molecule has 1 aromatic heterocycles. The zero-order valence-corrected chi connectivity index (χ0v) is 20.9. The topological polar surface area (TPSA) is 101 Å². The first-order chi connectivity index (χ1) is 16.8. The smallest absolute Gasteiger partial charge is 0.434 e. The van der Waals surface area contributed by atoms with Gasteiger partial charge in [0.2, 0.25) is 0 Å². The van der Waals surface area contributed by atoms with Crippen LogP contribution < -0.4 is 14.5 Å². The Morgan fingerprint density at radius 1 is 1.23 bits per heavy atom. The number of sulfonamides is 1. The maximum atomic E-state index is 15.2. The standard InChI is InChI=1S/C23H25FN4O5S2/c1-16-11-21(19(24)12-20(16)26-33-23(29)27-9-3-4-10-27)35(30,31)28(22-14-34-15-25-22)13-17-5-7-18(32-2)8-6-17/h5-8,11-12,14-15,26H,3-4,9-10,13H2,1-2H3. The van der Waals surface area contributed by atoms with E-state index in [1.165, 1.54) is 30.0 Å². The number of carbonyl (C=O) groups is 1. The fraction of sp³-hybridized carbons (Fsp3) is 0.304. The van der Waals surface area contributed by atoms with Gasteiger partial charge in [0.1, 0.15) is 16.5 Å². The summed E-state index contributed by atoms with van der Waals surface area (Å²) in [5.74, 6) is -0.165. The van der Waals surface area contributed by atoms with Gasteiger partial charge in [-0.15, -0.1) is 11.3 Å². The fourth-order valence-electron chi connectivity index (χ4n) is 3.66. The lowest BCUT2D eigenvalue weighted by Crippen LogP contribution is -2.32. The minimum absolute atomic E-state index is 0.0536. The maximum Gasteiger partial charge on any atom is 0.434 e. The molecule has 0 aliphatic carbocycles. The average molecular weight is 521 g/mol. The Labute approximate surface area is 207 Å². The van der Waals surface area contributed by atoms with Gasteiger partial charge in [0.05, 0.1) is 24.9 Å². The van der Waals surface area contributed by atoms with E-state index in [2.05, 4.69) is 10.5 Å². The summed E-state index contributed by atoms with van der Waals surface area (Å²) in [5.41, 5.74) is 5.18. The molecule has 186 valence electrons. The van der Waals surface area contributed by atoms with E-state index in [9.17, 15) is 13.2 Å². The Morgan fingerprint density at radius 3 is 2.57 bits per heavy atom. The molecule has 1 aliphatic heterocycles. The van der Waals surface area contributed by atoms with Crippen LogP contribution in [0.3, 0.4) is 0 Å². The van der Waals surface area contributed by atoms with Crippen molar-refractivity contribution in [3.05, 3.63) is 64.2 Å². The summed E-state index contributed by atoms with van der Waals surface area (Å²) in [4.78, 5) is 22.4. The Morgan fingerprint density at radius 2 is 1.94 bits per heavy atom. The van der Waals surface area contributed by atoms with E-state index in [1.54, 1.807) is 41.5 Å². The van der Waals surface area contributed by atoms with Crippen LogP contribution in [0.4, 0.5) is 20.7 Å². The Hall–Kier alpha value is -3.38. The van der Waals surface area contributed by atoms with Gasteiger partial charge in [-0.25, -0.2) is 32.4 Å². The summed E-state index contributed by atoms with van der Waals surface area (Å²) in [6.07, 6.45) is 1.25. The third-order valence-electron chi connectivity index (χ3n) is 5.62. The van der Waals surface area contributed by atoms with Crippen LogP contribution in [0.15, 0.2) is 52.2 Å². The second kappa shape index (κ2) is 10.5. The van der Waals surface area contributed by atoms with Crippen LogP contribution in [0.2, 0.25) is 0 Å². The number of rotatable bonds is 8. The lowest BCUT2D eigenvalue weighted by atomic mass is 10.2. The van der Waals surface area contributed by atoms with Crippen LogP contribution in [0.5, 0.6) is 5.75 Å². The first-order valence-corrected chi connectivity index (χ1v) is 13.2. The number of thiazole rings is 1. The number of likely N-dealkylation sites (tertiary alicyclic amines) is 1. The largest absolute Gasteiger partial charge is 0.497 e. The van der Waals surface area contributed by atoms with Gasteiger partial charge in [-0.1, -0.05) is 12.1 Å². The number of hydrogen-bond acceptors (Lipinski definition) is 8. The molecule has 4 rings (SSSR count). The second-order valence-electron chi connectivity index (χ2n) is 7.97. The number of methoxy groups -OCH3 is 1. The molecular weight excluding hydrogens is 495 g/mol. The number of hydrogen-bond donors (Lipinski definition) is 1. The molecule has 0 bridgehead atoms. The predicted octanol–water partition coefficient (Wildman–Crippen LogP) is 4.55. The van der Waals surface area contributed by atoms with E-state index >= 15 is 4.39 Å². The molecule has 0 atom stereocenters. The summed E-state index contributed by atoms with van der Waals surface area (Å²) in [5, 5.41) is 1.58. The Kier molecular flexibility index (Phi) is 7.41. The fourth-order valence-corrected chi connectivity index (χ4v) is 5.80. The highest BCUT2D eigenvalue weighted by Gasteiger charge is 2.30. The lowest BCUT2D eigenvalue weighted by Gasteiger charge is -2.23. The average Bonchev–Trinajstić information content (AvgIpc) is 3.57. The predicted molar refractivity (Wildman–Crippen MR) is 131 cm³/mol. The summed E-state index contributed by atoms with van der Waals surface area (Å²) in [6, 6.07) is 9.12. The van der Waals surface area contributed by atoms with E-state index in [0.717, 1.165) is 23.2 Å². The van der Waals surface area contributed by atoms with Crippen LogP contribution in [0.1, 0.15) is 24.0 Å². The summed E-state index contributed by atoms with van der Waals surface area (Å²) < 4.78 is 48.6. The summed E-state index contributed by atoms with van der Waals surface area (Å²) >= 11 is 1.23. The molecule has 2 aromatic carbocycles. The van der Waals surface area contributed by atoms with E-state index in [0.29, 0.717) is 30.0 Å². The van der Waals surface area contributed by atoms with Crippen molar-refractivity contribution in [1.82, 2.24) is 9.88 Å². The van der Waals surface area contributed by atoms with Gasteiger partial charge in [0, 0.05) is 24.5 Å². The highest BCUT2D eigenvalue weighted by molar-refractivity contribution is 7.92. The molecular formula is C23H25FN4O5S2. The number of nitrogens with one attached hydrogen (secondary N) is 1. The number of carbonyl (C=O) groups excluding carboxylic acids is 1. The van der Waals surface area contributed by atoms with E-state index in [-0.39, 0.29) is 18.1 Å². The number of benzene rings is 2. The summed E-state index contributed by atoms with van der Waals surface area (Å²) in [6.45, 7) is 2.75. The van der Waals surface area contributed by atoms with Crippen LogP contribution >= 0.6 is 11.3 Å². The van der Waals surface area contributed by atoms with E-state index in [4.69, 9.17) is 9.57 Å². The van der Waals surface area contributed by atoms with Crippen molar-refractivity contribution in [3.8, 4) is 5.75 Å². The first kappa shape index (κ1) is 24.7. The highest BCUT2D eigenvalue weighted by atomic mass is 32.2. The monoisotopic (exact) mass is 520 g/mol. The van der Waals surface area contributed by atoms with Gasteiger partial charge in [0.15, 0.2) is 5.82 Å². The lowest BCUT2D eigenvalue weighted by molar-refractivity contribution is 0.131. The van der Waals surface area contributed by atoms with E-state index in [1.807, 2.05) is 0 Å². The molecule has 0 radical (unpaired) electrons. The number of ether oxygens (including phenoxy) is 1. The minimum atomic E-state index is -4.32. The van der Waals surface area contributed by atoms with Gasteiger partial charge < -0.3 is 14.5 Å². The Balaban J connectivity index is 1.60. The summed E-state index contributed by atoms with van der Waals surface area (Å²) in [7, 11) is -2.78. The van der Waals surface area contributed by atoms with Gasteiger partial charge in [-0.05, 0) is 49.1 Å². The van der Waals surface area contributed by atoms with Crippen LogP contribution in [-0.4, -0.2) is 44.6 Å². The third kappa shape index (κ3) is 5.49. The SMILES string of the molecule is COc1ccc(CN(c2cscn2)S(=O)(=O)c2cc(C)c(NOC(=O)N3CCCC3)cc2F)cc1. The molecule has 1 saturated heterocycles. The Bertz CT molecular complexity index is 1280. The molecule has 35 heavy (non-hydrogen) atoms. The molecule has 1 N–H and O–H groups in total. The highest BCUT2D eigenvalue weighted by Crippen LogP contribution is 2.30. The molecule has 0 unspecified atom stereocenters.